The van der Waals surface area contributed by atoms with Crippen molar-refractivity contribution in [3.05, 3.63) is 138 Å². The van der Waals surface area contributed by atoms with Crippen LogP contribution in [0.2, 0.25) is 0 Å². The summed E-state index contributed by atoms with van der Waals surface area (Å²) in [6.07, 6.45) is 3.51. The predicted octanol–water partition coefficient (Wildman–Crippen LogP) is 6.29. The lowest BCUT2D eigenvalue weighted by Crippen LogP contribution is -2.57. The first kappa shape index (κ1) is 49.3. The van der Waals surface area contributed by atoms with Crippen LogP contribution in [0.25, 0.3) is 10.9 Å². The predicted molar refractivity (Wildman–Crippen MR) is 250 cm³/mol. The summed E-state index contributed by atoms with van der Waals surface area (Å²) in [6, 6.07) is 28.9. The number of fused-ring (bicyclic) bond motifs is 1. The number of ether oxygens (including phenoxy) is 2. The molecule has 1 aliphatic carbocycles. The number of methoxy groups -OCH3 is 1. The summed E-state index contributed by atoms with van der Waals surface area (Å²) in [5.74, 6) is -3.63. The van der Waals surface area contributed by atoms with Crippen molar-refractivity contribution in [1.82, 2.24) is 25.7 Å². The molecule has 16 nitrogen and oxygen atoms in total. The van der Waals surface area contributed by atoms with E-state index in [0.29, 0.717) is 41.7 Å². The molecule has 0 spiro atoms. The molecule has 1 aromatic heterocycles. The highest BCUT2D eigenvalue weighted by Crippen LogP contribution is 2.54. The van der Waals surface area contributed by atoms with Crippen molar-refractivity contribution in [3.63, 3.8) is 0 Å². The molecule has 7 N–H and O–H groups in total. The largest absolute Gasteiger partial charge is 0.497 e. The summed E-state index contributed by atoms with van der Waals surface area (Å²) >= 11 is 0. The van der Waals surface area contributed by atoms with Gasteiger partial charge in [-0.15, -0.1) is 0 Å². The molecule has 3 amide bonds. The number of alkyl carbamates (subject to hydrolysis) is 1. The Hall–Kier alpha value is -6.13. The number of carboxylic acid groups (broad SMARTS) is 1. The summed E-state index contributed by atoms with van der Waals surface area (Å²) in [4.78, 5) is 57.2. The molecule has 1 saturated carbocycles. The minimum absolute atomic E-state index is 0.0377. The number of carbonyl (C=O) groups excluding carboxylic acids is 3. The maximum Gasteiger partial charge on any atom is 0.407 e. The molecule has 6 rings (SSSR count). The van der Waals surface area contributed by atoms with Crippen LogP contribution in [0.3, 0.4) is 0 Å². The third-order valence-corrected chi connectivity index (χ3v) is 14.7. The van der Waals surface area contributed by atoms with Crippen LogP contribution in [-0.4, -0.2) is 91.1 Å². The van der Waals surface area contributed by atoms with Crippen LogP contribution in [0.5, 0.6) is 5.75 Å². The summed E-state index contributed by atoms with van der Waals surface area (Å²) in [7, 11) is -5.61. The van der Waals surface area contributed by atoms with Gasteiger partial charge in [0.2, 0.25) is 21.8 Å². The molecule has 0 aliphatic heterocycles. The van der Waals surface area contributed by atoms with Crippen molar-refractivity contribution in [2.45, 2.75) is 81.4 Å². The monoisotopic (exact) mass is 942 g/mol. The van der Waals surface area contributed by atoms with E-state index < -0.39 is 76.7 Å². The number of sulfonamides is 1. The minimum atomic E-state index is -4.03. The highest BCUT2D eigenvalue weighted by Gasteiger charge is 2.61. The van der Waals surface area contributed by atoms with Crippen molar-refractivity contribution in [3.8, 4) is 5.75 Å². The number of aromatic amines is 1. The zero-order valence-electron chi connectivity index (χ0n) is 36.9. The molecule has 66 heavy (non-hydrogen) atoms. The number of H-pyrrole nitrogens is 1. The first-order chi connectivity index (χ1) is 31.6. The van der Waals surface area contributed by atoms with Gasteiger partial charge in [0.1, 0.15) is 30.4 Å². The fraction of sp³-hybridized carbons (Fsp3) is 0.375. The molecule has 1 fully saturated rings. The van der Waals surface area contributed by atoms with E-state index in [4.69, 9.17) is 9.47 Å². The summed E-state index contributed by atoms with van der Waals surface area (Å²) in [5, 5.41) is 32.3. The fourth-order valence-corrected chi connectivity index (χ4v) is 11.3. The van der Waals surface area contributed by atoms with Crippen LogP contribution in [-0.2, 0) is 46.7 Å². The van der Waals surface area contributed by atoms with Gasteiger partial charge in [0.15, 0.2) is 6.16 Å². The lowest BCUT2D eigenvalue weighted by Gasteiger charge is -2.33. The number of benzene rings is 4. The van der Waals surface area contributed by atoms with Gasteiger partial charge in [-0.2, -0.15) is 0 Å². The molecule has 4 aromatic carbocycles. The van der Waals surface area contributed by atoms with E-state index in [1.54, 1.807) is 60.8 Å². The number of nitrogens with one attached hydrogen (secondary N) is 5. The van der Waals surface area contributed by atoms with E-state index in [9.17, 15) is 37.8 Å². The molecule has 0 radical (unpaired) electrons. The maximum atomic E-state index is 15.4. The normalized spacial score (nSPS) is 16.0. The van der Waals surface area contributed by atoms with E-state index in [1.165, 1.54) is 7.11 Å². The molecule has 1 aliphatic rings. The molecule has 1 unspecified atom stereocenters. The molecule has 1 heterocycles. The number of hydrogen-bond donors (Lipinski definition) is 7. The Morgan fingerprint density at radius 1 is 0.864 bits per heavy atom. The highest BCUT2D eigenvalue weighted by atomic mass is 32.2. The van der Waals surface area contributed by atoms with Crippen LogP contribution in [0, 0.1) is 5.41 Å². The summed E-state index contributed by atoms with van der Waals surface area (Å²) < 4.78 is 53.8. The molecule has 5 atom stereocenters. The lowest BCUT2D eigenvalue weighted by molar-refractivity contribution is -0.143. The SMILES string of the molecule is COc1ccc([C@@H](c2ccccc2)[C@@](O)(NC(=O)[C@H](CCCCNC(=O)OCc2ccccc2)NS(C)(=O)=O)[P+](=O)CC2(C(=O)N[C@@H](Cc3c[nH]c4ccccc34)C(=O)O)CCCC2)cc1. The fourth-order valence-electron chi connectivity index (χ4n) is 8.52. The smallest absolute Gasteiger partial charge is 0.407 e. The topological polar surface area (TPSA) is 242 Å². The van der Waals surface area contributed by atoms with Crippen LogP contribution < -0.4 is 25.4 Å². The van der Waals surface area contributed by atoms with Gasteiger partial charge < -0.3 is 35.3 Å². The Labute approximate surface area is 385 Å². The molecular formula is C48H57N5O11PS+. The molecule has 5 aromatic rings. The van der Waals surface area contributed by atoms with Gasteiger partial charge in [-0.3, -0.25) is 14.9 Å². The van der Waals surface area contributed by atoms with Gasteiger partial charge in [-0.1, -0.05) is 108 Å². The second-order valence-corrected chi connectivity index (χ2v) is 20.2. The number of para-hydroxylation sites is 1. The number of rotatable bonds is 23. The van der Waals surface area contributed by atoms with Gasteiger partial charge in [0.25, 0.3) is 0 Å². The number of carbonyl (C=O) groups is 4. The summed E-state index contributed by atoms with van der Waals surface area (Å²) in [5.41, 5.74) is -0.899. The van der Waals surface area contributed by atoms with Gasteiger partial charge in [0.05, 0.1) is 18.8 Å². The number of unbranched alkanes of at least 4 members (excludes halogenated alkanes) is 1. The molecule has 0 saturated heterocycles. The van der Waals surface area contributed by atoms with Crippen LogP contribution in [0.15, 0.2) is 115 Å². The van der Waals surface area contributed by atoms with Crippen molar-refractivity contribution in [2.75, 3.05) is 26.1 Å². The van der Waals surface area contributed by atoms with Crippen LogP contribution >= 0.6 is 7.80 Å². The summed E-state index contributed by atoms with van der Waals surface area (Å²) in [6.45, 7) is 0.220. The first-order valence-corrected chi connectivity index (χ1v) is 25.1. The Bertz CT molecular complexity index is 2570. The molecule has 0 bridgehead atoms. The number of amides is 3. The van der Waals surface area contributed by atoms with Crippen LogP contribution in [0.1, 0.15) is 73.1 Å². The van der Waals surface area contributed by atoms with Crippen LogP contribution in [0.4, 0.5) is 4.79 Å². The van der Waals surface area contributed by atoms with Crippen molar-refractivity contribution in [1.29, 1.82) is 0 Å². The van der Waals surface area contributed by atoms with Crippen molar-refractivity contribution < 1.29 is 51.8 Å². The number of aliphatic carboxylic acids is 1. The standard InChI is InChI=1S/C48H56N5O11PS/c1-63-37-24-22-35(23-25-37)42(34-17-7-4-8-18-34)48(59,52-43(54)40(53-66(2,61)62)21-11-14-28-49-46(58)64-31-33-15-5-3-6-16-33)65(60)32-47(26-12-13-27-47)45(57)51-41(44(55)56)29-36-30-50-39-20-10-9-19-38(36)39/h3-10,15-20,22-25,30,40-42,50,53,59H,11-14,21,26-29,31-32H2,1-2H3,(H3-,49,51,52,54,55,56,57,58)/p+1/t40-,41-,42+,48-/m0/s1. The number of carboxylic acids is 1. The molecule has 18 heteroatoms. The van der Waals surface area contributed by atoms with E-state index in [2.05, 4.69) is 25.7 Å². The number of aromatic nitrogens is 1. The van der Waals surface area contributed by atoms with Gasteiger partial charge in [-0.05, 0) is 72.6 Å². The number of hydrogen-bond acceptors (Lipinski definition) is 10. The maximum absolute atomic E-state index is 15.4. The molecular weight excluding hydrogens is 886 g/mol. The minimum Gasteiger partial charge on any atom is -0.497 e. The lowest BCUT2D eigenvalue weighted by atomic mass is 9.86. The second kappa shape index (κ2) is 22.4. The van der Waals surface area contributed by atoms with E-state index in [-0.39, 0.29) is 45.3 Å². The Kier molecular flexibility index (Phi) is 16.7. The van der Waals surface area contributed by atoms with E-state index in [0.717, 1.165) is 22.7 Å². The number of aliphatic hydroxyl groups is 1. The first-order valence-electron chi connectivity index (χ1n) is 21.8. The van der Waals surface area contributed by atoms with Gasteiger partial charge in [-0.25, -0.2) is 22.7 Å². The quantitative estimate of drug-likeness (QED) is 0.0218. The van der Waals surface area contributed by atoms with Gasteiger partial charge in [0, 0.05) is 30.1 Å². The average molecular weight is 943 g/mol. The second-order valence-electron chi connectivity index (χ2n) is 16.7. The third kappa shape index (κ3) is 12.8. The Balaban J connectivity index is 1.27. The van der Waals surface area contributed by atoms with Crippen molar-refractivity contribution >= 4 is 52.6 Å². The molecule has 350 valence electrons. The Morgan fingerprint density at radius 2 is 1.50 bits per heavy atom. The average Bonchev–Trinajstić information content (AvgIpc) is 3.96. The zero-order chi connectivity index (χ0) is 47.3. The zero-order valence-corrected chi connectivity index (χ0v) is 38.6. The third-order valence-electron chi connectivity index (χ3n) is 11.9. The van der Waals surface area contributed by atoms with Crippen molar-refractivity contribution in [2.24, 2.45) is 5.41 Å². The highest BCUT2D eigenvalue weighted by molar-refractivity contribution is 7.88. The van der Waals surface area contributed by atoms with E-state index >= 15 is 4.57 Å². The van der Waals surface area contributed by atoms with Gasteiger partial charge >= 0.3 is 25.3 Å². The van der Waals surface area contributed by atoms with E-state index in [1.807, 2.05) is 54.6 Å². The Morgan fingerprint density at radius 3 is 2.15 bits per heavy atom.